The number of fused-ring (bicyclic) bond motifs is 2. The molecule has 0 N–H and O–H groups in total. The molecule has 0 aromatic heterocycles. The van der Waals surface area contributed by atoms with Crippen molar-refractivity contribution in [1.29, 1.82) is 0 Å². The van der Waals surface area contributed by atoms with Gasteiger partial charge in [-0.3, -0.25) is 0 Å². The first-order chi connectivity index (χ1) is 10.8. The molecule has 0 bridgehead atoms. The second kappa shape index (κ2) is 5.13. The average Bonchev–Trinajstić information content (AvgIpc) is 2.97. The number of cyclic esters (lactones) is 1. The maximum Gasteiger partial charge on any atom is 0.420 e. The summed E-state index contributed by atoms with van der Waals surface area (Å²) in [6.07, 6.45) is -2.43. The minimum Gasteiger partial charge on any atom is -0.461 e. The van der Waals surface area contributed by atoms with Crippen LogP contribution in [0.5, 0.6) is 5.75 Å². The number of ether oxygens (including phenoxy) is 4. The number of benzene rings is 1. The topological polar surface area (TPSA) is 74.3 Å². The highest BCUT2D eigenvalue weighted by atomic mass is 16.7. The van der Waals surface area contributed by atoms with E-state index < -0.39 is 29.6 Å². The molecule has 1 aromatic carbocycles. The van der Waals surface area contributed by atoms with E-state index in [1.165, 1.54) is 7.11 Å². The van der Waals surface area contributed by atoms with Crippen LogP contribution >= 0.6 is 0 Å². The van der Waals surface area contributed by atoms with Crippen LogP contribution in [0, 0.1) is 0 Å². The van der Waals surface area contributed by atoms with E-state index in [1.807, 2.05) is 0 Å². The normalized spacial score (nSPS) is 26.0. The Morgan fingerprint density at radius 1 is 1.35 bits per heavy atom. The lowest BCUT2D eigenvalue weighted by Gasteiger charge is -2.34. The summed E-state index contributed by atoms with van der Waals surface area (Å²) in [7, 11) is 1.45. The smallest absolute Gasteiger partial charge is 0.420 e. The van der Waals surface area contributed by atoms with Crippen molar-refractivity contribution < 1.29 is 28.5 Å². The fraction of sp³-hybridized carbons (Fsp3) is 0.500. The van der Waals surface area contributed by atoms with E-state index in [0.29, 0.717) is 11.3 Å². The predicted molar refractivity (Wildman–Crippen MR) is 79.0 cm³/mol. The number of hydrogen-bond donors (Lipinski definition) is 0. The molecule has 2 amide bonds. The highest BCUT2D eigenvalue weighted by Crippen LogP contribution is 2.49. The zero-order valence-electron chi connectivity index (χ0n) is 13.5. The van der Waals surface area contributed by atoms with Gasteiger partial charge in [0.2, 0.25) is 6.29 Å². The Hall–Kier alpha value is -2.28. The number of carbonyl (C=O) groups excluding carboxylic acids is 2. The number of amides is 2. The molecule has 1 fully saturated rings. The van der Waals surface area contributed by atoms with Gasteiger partial charge < -0.3 is 18.9 Å². The minimum absolute atomic E-state index is 0.0550. The molecular weight excluding hydrogens is 302 g/mol. The van der Waals surface area contributed by atoms with Crippen LogP contribution in [-0.2, 0) is 19.7 Å². The average molecular weight is 321 g/mol. The zero-order chi connectivity index (χ0) is 16.8. The van der Waals surface area contributed by atoms with Crippen LogP contribution in [0.2, 0.25) is 0 Å². The highest BCUT2D eigenvalue weighted by Gasteiger charge is 2.64. The van der Waals surface area contributed by atoms with Crippen molar-refractivity contribution in [3.8, 4) is 5.75 Å². The Balaban J connectivity index is 2.08. The van der Waals surface area contributed by atoms with Crippen LogP contribution in [0.1, 0.15) is 26.3 Å². The molecule has 0 radical (unpaired) electrons. The SMILES string of the molecule is COC1Oc2ccccc2C12COC(=O)N2C(=O)OC(C)(C)C. The van der Waals surface area contributed by atoms with E-state index in [0.717, 1.165) is 4.90 Å². The Morgan fingerprint density at radius 3 is 2.70 bits per heavy atom. The number of carbonyl (C=O) groups is 2. The molecular formula is C16H19NO6. The van der Waals surface area contributed by atoms with Crippen molar-refractivity contribution in [2.24, 2.45) is 0 Å². The number of imide groups is 1. The summed E-state index contributed by atoms with van der Waals surface area (Å²) in [6.45, 7) is 5.13. The van der Waals surface area contributed by atoms with Gasteiger partial charge in [0, 0.05) is 12.7 Å². The van der Waals surface area contributed by atoms with Gasteiger partial charge in [-0.25, -0.2) is 9.59 Å². The molecule has 0 aliphatic carbocycles. The maximum absolute atomic E-state index is 12.6. The minimum atomic E-state index is -1.19. The van der Waals surface area contributed by atoms with Crippen molar-refractivity contribution in [3.05, 3.63) is 29.8 Å². The number of rotatable bonds is 1. The fourth-order valence-corrected chi connectivity index (χ4v) is 2.89. The second-order valence-corrected chi connectivity index (χ2v) is 6.48. The van der Waals surface area contributed by atoms with Crippen LogP contribution in [-0.4, -0.2) is 42.7 Å². The molecule has 2 unspecified atom stereocenters. The van der Waals surface area contributed by atoms with E-state index in [9.17, 15) is 9.59 Å². The Bertz CT molecular complexity index is 652. The molecule has 0 saturated carbocycles. The Morgan fingerprint density at radius 2 is 2.04 bits per heavy atom. The molecule has 124 valence electrons. The quantitative estimate of drug-likeness (QED) is 0.791. The van der Waals surface area contributed by atoms with E-state index in [-0.39, 0.29) is 6.61 Å². The van der Waals surface area contributed by atoms with Gasteiger partial charge in [0.25, 0.3) is 0 Å². The number of methoxy groups -OCH3 is 1. The molecule has 2 aliphatic rings. The van der Waals surface area contributed by atoms with E-state index in [4.69, 9.17) is 18.9 Å². The lowest BCUT2D eigenvalue weighted by Crippen LogP contribution is -2.55. The van der Waals surface area contributed by atoms with Gasteiger partial charge in [0.05, 0.1) is 0 Å². The molecule has 1 saturated heterocycles. The number of nitrogens with zero attached hydrogens (tertiary/aromatic N) is 1. The molecule has 2 aliphatic heterocycles. The van der Waals surface area contributed by atoms with Crippen LogP contribution < -0.4 is 4.74 Å². The predicted octanol–water partition coefficient (Wildman–Crippen LogP) is 2.63. The Labute approximate surface area is 134 Å². The molecule has 23 heavy (non-hydrogen) atoms. The van der Waals surface area contributed by atoms with E-state index >= 15 is 0 Å². The summed E-state index contributed by atoms with van der Waals surface area (Å²) in [5.41, 5.74) is -1.28. The highest BCUT2D eigenvalue weighted by molar-refractivity contribution is 5.91. The standard InChI is InChI=1S/C16H19NO6/c1-15(2,3)23-14(19)17-13(18)21-9-16(17)10-7-5-6-8-11(10)22-12(16)20-4/h5-8,12H,9H2,1-4H3. The third-order valence-corrected chi connectivity index (χ3v) is 3.76. The molecule has 7 heteroatoms. The van der Waals surface area contributed by atoms with Gasteiger partial charge in [-0.15, -0.1) is 0 Å². The van der Waals surface area contributed by atoms with Crippen molar-refractivity contribution in [3.63, 3.8) is 0 Å². The van der Waals surface area contributed by atoms with Crippen LogP contribution in [0.25, 0.3) is 0 Å². The lowest BCUT2D eigenvalue weighted by molar-refractivity contribution is -0.120. The van der Waals surface area contributed by atoms with Crippen molar-refractivity contribution in [2.45, 2.75) is 38.2 Å². The maximum atomic E-state index is 12.6. The molecule has 3 rings (SSSR count). The monoisotopic (exact) mass is 321 g/mol. The Kier molecular flexibility index (Phi) is 3.48. The van der Waals surface area contributed by atoms with Gasteiger partial charge in [0.1, 0.15) is 18.0 Å². The fourth-order valence-electron chi connectivity index (χ4n) is 2.89. The molecule has 2 heterocycles. The van der Waals surface area contributed by atoms with Crippen molar-refractivity contribution >= 4 is 12.2 Å². The van der Waals surface area contributed by atoms with Gasteiger partial charge >= 0.3 is 12.2 Å². The molecule has 1 aromatic rings. The van der Waals surface area contributed by atoms with Crippen LogP contribution in [0.15, 0.2) is 24.3 Å². The molecule has 7 nitrogen and oxygen atoms in total. The van der Waals surface area contributed by atoms with E-state index in [2.05, 4.69) is 0 Å². The van der Waals surface area contributed by atoms with E-state index in [1.54, 1.807) is 45.0 Å². The second-order valence-electron chi connectivity index (χ2n) is 6.48. The van der Waals surface area contributed by atoms with Gasteiger partial charge in [-0.2, -0.15) is 4.90 Å². The van der Waals surface area contributed by atoms with Crippen LogP contribution in [0.4, 0.5) is 9.59 Å². The summed E-state index contributed by atoms with van der Waals surface area (Å²) in [5, 5.41) is 0. The summed E-state index contributed by atoms with van der Waals surface area (Å²) in [6, 6.07) is 7.15. The van der Waals surface area contributed by atoms with Gasteiger partial charge in [-0.1, -0.05) is 18.2 Å². The van der Waals surface area contributed by atoms with Gasteiger partial charge in [0.15, 0.2) is 5.54 Å². The number of para-hydroxylation sites is 1. The summed E-state index contributed by atoms with van der Waals surface area (Å²) in [4.78, 5) is 25.8. The molecule has 2 atom stereocenters. The zero-order valence-corrected chi connectivity index (χ0v) is 13.5. The van der Waals surface area contributed by atoms with Crippen molar-refractivity contribution in [2.75, 3.05) is 13.7 Å². The largest absolute Gasteiger partial charge is 0.461 e. The third-order valence-electron chi connectivity index (χ3n) is 3.76. The summed E-state index contributed by atoms with van der Waals surface area (Å²) >= 11 is 0. The summed E-state index contributed by atoms with van der Waals surface area (Å²) < 4.78 is 21.7. The first-order valence-electron chi connectivity index (χ1n) is 7.28. The summed E-state index contributed by atoms with van der Waals surface area (Å²) in [5.74, 6) is 0.547. The first kappa shape index (κ1) is 15.6. The third kappa shape index (κ3) is 2.31. The first-order valence-corrected chi connectivity index (χ1v) is 7.28. The number of hydrogen-bond acceptors (Lipinski definition) is 6. The van der Waals surface area contributed by atoms with Crippen LogP contribution in [0.3, 0.4) is 0 Å². The van der Waals surface area contributed by atoms with Crippen molar-refractivity contribution in [1.82, 2.24) is 4.90 Å². The molecule has 1 spiro atoms. The van der Waals surface area contributed by atoms with Gasteiger partial charge in [-0.05, 0) is 26.8 Å². The lowest BCUT2D eigenvalue weighted by atomic mass is 9.90.